The maximum Gasteiger partial charge on any atom is 0.338 e. The molecule has 3 fully saturated rings. The molecule has 3 aliphatic heterocycles. The Balaban J connectivity index is 1.38. The van der Waals surface area contributed by atoms with E-state index in [-0.39, 0.29) is 19.8 Å². The van der Waals surface area contributed by atoms with Crippen molar-refractivity contribution in [1.29, 1.82) is 5.41 Å². The monoisotopic (exact) mass is 848 g/mol. The van der Waals surface area contributed by atoms with Crippen molar-refractivity contribution in [2.45, 2.75) is 91.6 Å². The van der Waals surface area contributed by atoms with E-state index >= 15 is 0 Å². The van der Waals surface area contributed by atoms with Gasteiger partial charge in [-0.1, -0.05) is 131 Å². The summed E-state index contributed by atoms with van der Waals surface area (Å²) < 4.78 is 58.4. The van der Waals surface area contributed by atoms with Gasteiger partial charge in [0.15, 0.2) is 24.8 Å². The third kappa shape index (κ3) is 10.7. The lowest BCUT2D eigenvalue weighted by atomic mass is 9.94. The maximum atomic E-state index is 13.6. The Morgan fingerprint density at radius 3 is 1.98 bits per heavy atom. The summed E-state index contributed by atoms with van der Waals surface area (Å²) in [6, 6.07) is 26.3. The number of nitrogens with one attached hydrogen (secondary N) is 1. The van der Waals surface area contributed by atoms with Crippen molar-refractivity contribution >= 4 is 52.6 Å². The first-order valence-corrected chi connectivity index (χ1v) is 18.8. The summed E-state index contributed by atoms with van der Waals surface area (Å²) in [7, 11) is 1.11. The highest BCUT2D eigenvalue weighted by molar-refractivity contribution is 6.76. The molecule has 0 saturated carbocycles. The third-order valence-electron chi connectivity index (χ3n) is 9.15. The zero-order chi connectivity index (χ0) is 40.5. The summed E-state index contributed by atoms with van der Waals surface area (Å²) >= 11 is 17.8. The summed E-state index contributed by atoms with van der Waals surface area (Å²) in [5.41, 5.74) is 12.2. The average molecular weight is 850 g/mol. The van der Waals surface area contributed by atoms with Crippen LogP contribution in [0.4, 0.5) is 0 Å². The van der Waals surface area contributed by atoms with Crippen LogP contribution in [0.15, 0.2) is 96.1 Å². The van der Waals surface area contributed by atoms with Gasteiger partial charge in [0.25, 0.3) is 3.79 Å². The van der Waals surface area contributed by atoms with Crippen molar-refractivity contribution in [2.24, 2.45) is 5.11 Å². The van der Waals surface area contributed by atoms with Gasteiger partial charge in [-0.05, 0) is 16.7 Å². The van der Waals surface area contributed by atoms with Crippen molar-refractivity contribution in [3.63, 3.8) is 0 Å². The van der Waals surface area contributed by atoms with Crippen LogP contribution in [0.1, 0.15) is 29.9 Å². The summed E-state index contributed by atoms with van der Waals surface area (Å²) in [5.74, 6) is -2.71. The SMILES string of the molecule is COC(=O)[C@@H]1OC(OC(=N)C(Cl)(Cl)Cl)[C@H](OC(C)=O)[C@@H](OCc2ccccc2)[C@@H]1O[C@H]1O[C@@H]2COC(c3ccccc3)O[C@H]2[C@H](OCc2ccccc2)[C@H]1N=[N+]=[N-]. The maximum absolute atomic E-state index is 13.6. The number of carbonyl (C=O) groups is 2. The van der Waals surface area contributed by atoms with Crippen LogP contribution in [-0.2, 0) is 70.2 Å². The van der Waals surface area contributed by atoms with E-state index in [1.54, 1.807) is 24.3 Å². The Bertz CT molecular complexity index is 1860. The molecule has 11 atom stereocenters. The molecule has 0 aliphatic carbocycles. The minimum absolute atomic E-state index is 0.00106. The fourth-order valence-electron chi connectivity index (χ4n) is 6.56. The molecule has 1 N–H and O–H groups in total. The normalized spacial score (nSPS) is 29.9. The molecule has 16 nitrogen and oxygen atoms in total. The molecule has 3 aromatic rings. The summed E-state index contributed by atoms with van der Waals surface area (Å²) in [4.78, 5) is 29.3. The molecule has 0 amide bonds. The Morgan fingerprint density at radius 1 is 0.825 bits per heavy atom. The van der Waals surface area contributed by atoms with Crippen LogP contribution in [0, 0.1) is 5.41 Å². The van der Waals surface area contributed by atoms with Crippen molar-refractivity contribution in [3.8, 4) is 0 Å². The number of nitrogens with zero attached hydrogens (tertiary/aromatic N) is 3. The molecule has 57 heavy (non-hydrogen) atoms. The number of esters is 2. The molecule has 6 rings (SSSR count). The minimum atomic E-state index is -2.37. The Kier molecular flexibility index (Phi) is 14.6. The highest BCUT2D eigenvalue weighted by atomic mass is 35.6. The fourth-order valence-corrected chi connectivity index (χ4v) is 6.70. The van der Waals surface area contributed by atoms with Crippen LogP contribution in [0.5, 0.6) is 0 Å². The van der Waals surface area contributed by atoms with E-state index in [4.69, 9.17) is 87.6 Å². The number of alkyl halides is 3. The van der Waals surface area contributed by atoms with Crippen LogP contribution in [0.25, 0.3) is 10.4 Å². The van der Waals surface area contributed by atoms with Gasteiger partial charge in [-0.25, -0.2) is 4.79 Å². The number of carbonyl (C=O) groups excluding carboxylic acids is 2. The molecule has 0 spiro atoms. The van der Waals surface area contributed by atoms with Crippen molar-refractivity contribution < 1.29 is 57.0 Å². The summed E-state index contributed by atoms with van der Waals surface area (Å²) in [6.07, 6.45) is -13.0. The third-order valence-corrected chi connectivity index (χ3v) is 9.66. The summed E-state index contributed by atoms with van der Waals surface area (Å²) in [6.45, 7) is 1.10. The molecular weight excluding hydrogens is 811 g/mol. The van der Waals surface area contributed by atoms with E-state index in [1.165, 1.54) is 0 Å². The van der Waals surface area contributed by atoms with Gasteiger partial charge in [0.1, 0.15) is 36.6 Å². The molecule has 19 heteroatoms. The number of azide groups is 1. The molecule has 3 saturated heterocycles. The van der Waals surface area contributed by atoms with Gasteiger partial charge in [-0.2, -0.15) is 0 Å². The van der Waals surface area contributed by atoms with Crippen molar-refractivity contribution in [2.75, 3.05) is 13.7 Å². The van der Waals surface area contributed by atoms with Crippen LogP contribution in [0.2, 0.25) is 0 Å². The number of rotatable bonds is 13. The lowest BCUT2D eigenvalue weighted by Crippen LogP contribution is -2.67. The first kappa shape index (κ1) is 42.6. The number of halogens is 3. The van der Waals surface area contributed by atoms with E-state index in [9.17, 15) is 15.1 Å². The smallest absolute Gasteiger partial charge is 0.338 e. The van der Waals surface area contributed by atoms with Gasteiger partial charge in [0, 0.05) is 17.4 Å². The Hall–Kier alpha value is -4.03. The Labute approximate surface area is 342 Å². The lowest BCUT2D eigenvalue weighted by molar-refractivity contribution is -0.369. The van der Waals surface area contributed by atoms with Gasteiger partial charge in [0.2, 0.25) is 12.2 Å². The number of hydrogen-bond donors (Lipinski definition) is 1. The quantitative estimate of drug-likeness (QED) is 0.0386. The van der Waals surface area contributed by atoms with Crippen LogP contribution in [-0.4, -0.2) is 96.7 Å². The zero-order valence-corrected chi connectivity index (χ0v) is 32.8. The second kappa shape index (κ2) is 19.6. The minimum Gasteiger partial charge on any atom is -0.467 e. The van der Waals surface area contributed by atoms with E-state index in [2.05, 4.69) is 10.0 Å². The molecule has 0 aromatic heterocycles. The summed E-state index contributed by atoms with van der Waals surface area (Å²) in [5, 5.41) is 12.3. The number of hydrogen-bond acceptors (Lipinski definition) is 14. The fraction of sp³-hybridized carbons (Fsp3) is 0.447. The molecular formula is C38H39Cl3N4O12. The lowest BCUT2D eigenvalue weighted by Gasteiger charge is -2.50. The molecule has 3 heterocycles. The molecule has 3 aromatic carbocycles. The standard InChI is InChI=1S/C38H39Cl3N4O12/c1-21(46)52-32-29(50-19-23-14-8-4-9-15-23)30(31(33(47)48-2)56-36(32)57-37(42)38(39,40)41)55-35-26(44-45-43)28(49-18-22-12-6-3-7-13-22)27-25(53-35)20-51-34(54-27)24-16-10-5-11-17-24/h3-17,25-32,34-36,42H,18-20H2,1-2H3/t25-,26-,27-,28-,29+,30+,31-,32-,34?,35-,36?/m1/s1. The molecule has 0 bridgehead atoms. The average Bonchev–Trinajstić information content (AvgIpc) is 3.21. The van der Waals surface area contributed by atoms with Gasteiger partial charge in [0.05, 0.1) is 26.9 Å². The second-order valence-corrected chi connectivity index (χ2v) is 15.3. The highest BCUT2D eigenvalue weighted by Crippen LogP contribution is 2.40. The number of ether oxygens (including phenoxy) is 10. The van der Waals surface area contributed by atoms with Crippen LogP contribution < -0.4 is 0 Å². The van der Waals surface area contributed by atoms with Crippen molar-refractivity contribution in [3.05, 3.63) is 118 Å². The predicted octanol–water partition coefficient (Wildman–Crippen LogP) is 6.25. The molecule has 304 valence electrons. The van der Waals surface area contributed by atoms with Crippen LogP contribution in [0.3, 0.4) is 0 Å². The molecule has 2 unspecified atom stereocenters. The largest absolute Gasteiger partial charge is 0.467 e. The van der Waals surface area contributed by atoms with Crippen LogP contribution >= 0.6 is 34.8 Å². The van der Waals surface area contributed by atoms with Gasteiger partial charge < -0.3 is 47.4 Å². The molecule has 3 aliphatic rings. The van der Waals surface area contributed by atoms with Gasteiger partial charge in [-0.15, -0.1) is 0 Å². The zero-order valence-electron chi connectivity index (χ0n) is 30.5. The topological polar surface area (TPSA) is 199 Å². The first-order chi connectivity index (χ1) is 27.5. The van der Waals surface area contributed by atoms with E-state index in [0.717, 1.165) is 25.2 Å². The Morgan fingerprint density at radius 2 is 1.42 bits per heavy atom. The second-order valence-electron chi connectivity index (χ2n) is 13.0. The van der Waals surface area contributed by atoms with Gasteiger partial charge >= 0.3 is 11.9 Å². The van der Waals surface area contributed by atoms with E-state index < -0.39 is 89.3 Å². The number of benzene rings is 3. The predicted molar refractivity (Wildman–Crippen MR) is 202 cm³/mol. The van der Waals surface area contributed by atoms with E-state index in [0.29, 0.717) is 5.56 Å². The van der Waals surface area contributed by atoms with E-state index in [1.807, 2.05) is 66.7 Å². The van der Waals surface area contributed by atoms with Gasteiger partial charge in [-0.3, -0.25) is 10.2 Å². The first-order valence-electron chi connectivity index (χ1n) is 17.7. The number of methoxy groups -OCH3 is 1. The van der Waals surface area contributed by atoms with Crippen molar-refractivity contribution in [1.82, 2.24) is 0 Å². The number of fused-ring (bicyclic) bond motifs is 1. The molecule has 0 radical (unpaired) electrons. The highest BCUT2D eigenvalue weighted by Gasteiger charge is 2.58.